The highest BCUT2D eigenvalue weighted by Gasteiger charge is 2.29. The van der Waals surface area contributed by atoms with Crippen LogP contribution in [0, 0.1) is 13.8 Å². The van der Waals surface area contributed by atoms with E-state index in [4.69, 9.17) is 9.26 Å². The molecule has 2 fully saturated rings. The highest BCUT2D eigenvalue weighted by atomic mass is 16.5. The Hall–Kier alpha value is -2.57. The van der Waals surface area contributed by atoms with Gasteiger partial charge in [-0.05, 0) is 37.8 Å². The number of urea groups is 1. The summed E-state index contributed by atoms with van der Waals surface area (Å²) in [5.41, 5.74) is 2.31. The standard InChI is InChI=1S/C20H26N4O3/c1-13-4-3-5-14(2)18(13)26-16-8-10-24(11-9-16)20(25)21-12-17-22-19(23-27-17)15-6-7-15/h3-5,15-16H,6-12H2,1-2H3,(H,21,25). The van der Waals surface area contributed by atoms with Gasteiger partial charge in [-0.2, -0.15) is 4.98 Å². The number of hydrogen-bond acceptors (Lipinski definition) is 5. The van der Waals surface area contributed by atoms with Crippen molar-refractivity contribution >= 4 is 6.03 Å². The van der Waals surface area contributed by atoms with E-state index < -0.39 is 0 Å². The van der Waals surface area contributed by atoms with Gasteiger partial charge in [0, 0.05) is 31.8 Å². The van der Waals surface area contributed by atoms with Crippen molar-refractivity contribution in [3.63, 3.8) is 0 Å². The summed E-state index contributed by atoms with van der Waals surface area (Å²) in [7, 11) is 0. The summed E-state index contributed by atoms with van der Waals surface area (Å²) >= 11 is 0. The van der Waals surface area contributed by atoms with Crippen molar-refractivity contribution in [2.75, 3.05) is 13.1 Å². The molecule has 1 aromatic carbocycles. The molecular weight excluding hydrogens is 344 g/mol. The van der Waals surface area contributed by atoms with Crippen LogP contribution in [0.2, 0.25) is 0 Å². The molecule has 7 heteroatoms. The van der Waals surface area contributed by atoms with Crippen LogP contribution in [0.5, 0.6) is 5.75 Å². The summed E-state index contributed by atoms with van der Waals surface area (Å²) in [4.78, 5) is 18.5. The Kier molecular flexibility index (Phi) is 5.01. The van der Waals surface area contributed by atoms with E-state index in [0.717, 1.165) is 48.4 Å². The Morgan fingerprint density at radius 3 is 2.59 bits per heavy atom. The molecule has 1 saturated heterocycles. The topological polar surface area (TPSA) is 80.5 Å². The van der Waals surface area contributed by atoms with Gasteiger partial charge in [0.2, 0.25) is 5.89 Å². The second-order valence-corrected chi connectivity index (χ2v) is 7.50. The van der Waals surface area contributed by atoms with Gasteiger partial charge in [-0.25, -0.2) is 4.79 Å². The number of aromatic nitrogens is 2. The van der Waals surface area contributed by atoms with Crippen molar-refractivity contribution < 1.29 is 14.1 Å². The fraction of sp³-hybridized carbons (Fsp3) is 0.550. The van der Waals surface area contributed by atoms with Gasteiger partial charge in [0.25, 0.3) is 0 Å². The van der Waals surface area contributed by atoms with Crippen molar-refractivity contribution in [1.29, 1.82) is 0 Å². The van der Waals surface area contributed by atoms with Gasteiger partial charge in [0.1, 0.15) is 11.9 Å². The lowest BCUT2D eigenvalue weighted by Crippen LogP contribution is -2.46. The summed E-state index contributed by atoms with van der Waals surface area (Å²) in [6.07, 6.45) is 4.06. The number of benzene rings is 1. The molecule has 27 heavy (non-hydrogen) atoms. The third kappa shape index (κ3) is 4.23. The molecule has 1 aliphatic heterocycles. The van der Waals surface area contributed by atoms with Crippen LogP contribution < -0.4 is 10.1 Å². The highest BCUT2D eigenvalue weighted by Crippen LogP contribution is 2.38. The van der Waals surface area contributed by atoms with E-state index in [2.05, 4.69) is 41.4 Å². The molecule has 4 rings (SSSR count). The summed E-state index contributed by atoms with van der Waals surface area (Å²) in [6.45, 7) is 5.77. The Morgan fingerprint density at radius 1 is 1.22 bits per heavy atom. The number of carbonyl (C=O) groups is 1. The Labute approximate surface area is 159 Å². The second-order valence-electron chi connectivity index (χ2n) is 7.50. The number of piperidine rings is 1. The number of amides is 2. The number of hydrogen-bond donors (Lipinski definition) is 1. The number of nitrogens with zero attached hydrogens (tertiary/aromatic N) is 3. The third-order valence-electron chi connectivity index (χ3n) is 5.24. The van der Waals surface area contributed by atoms with E-state index in [0.29, 0.717) is 24.9 Å². The molecule has 2 heterocycles. The molecule has 0 unspecified atom stereocenters. The lowest BCUT2D eigenvalue weighted by molar-refractivity contribution is 0.109. The average molecular weight is 370 g/mol. The fourth-order valence-corrected chi connectivity index (χ4v) is 3.44. The lowest BCUT2D eigenvalue weighted by atomic mass is 10.1. The van der Waals surface area contributed by atoms with E-state index >= 15 is 0 Å². The SMILES string of the molecule is Cc1cccc(C)c1OC1CCN(C(=O)NCc2nc(C3CC3)no2)CC1. The number of para-hydroxylation sites is 1. The zero-order valence-electron chi connectivity index (χ0n) is 15.9. The van der Waals surface area contributed by atoms with Crippen LogP contribution in [-0.4, -0.2) is 40.3 Å². The van der Waals surface area contributed by atoms with Crippen molar-refractivity contribution in [3.05, 3.63) is 41.0 Å². The normalized spacial score (nSPS) is 17.8. The molecule has 1 aromatic heterocycles. The maximum absolute atomic E-state index is 12.4. The Bertz CT molecular complexity index is 787. The summed E-state index contributed by atoms with van der Waals surface area (Å²) in [5, 5.41) is 6.84. The third-order valence-corrected chi connectivity index (χ3v) is 5.24. The molecule has 2 aromatic rings. The molecule has 0 radical (unpaired) electrons. The molecule has 1 N–H and O–H groups in total. The number of carbonyl (C=O) groups excluding carboxylic acids is 1. The van der Waals surface area contributed by atoms with Gasteiger partial charge in [-0.15, -0.1) is 0 Å². The Morgan fingerprint density at radius 2 is 1.93 bits per heavy atom. The number of aryl methyl sites for hydroxylation is 2. The minimum atomic E-state index is -0.0910. The zero-order chi connectivity index (χ0) is 18.8. The largest absolute Gasteiger partial charge is 0.490 e. The lowest BCUT2D eigenvalue weighted by Gasteiger charge is -2.32. The van der Waals surface area contributed by atoms with Crippen molar-refractivity contribution in [1.82, 2.24) is 20.4 Å². The van der Waals surface area contributed by atoms with Crippen molar-refractivity contribution in [3.8, 4) is 5.75 Å². The molecule has 0 bridgehead atoms. The second kappa shape index (κ2) is 7.58. The van der Waals surface area contributed by atoms with E-state index in [1.807, 2.05) is 11.0 Å². The predicted octanol–water partition coefficient (Wildman–Crippen LogP) is 3.32. The molecule has 1 aliphatic carbocycles. The quantitative estimate of drug-likeness (QED) is 0.873. The van der Waals surface area contributed by atoms with Gasteiger partial charge in [-0.3, -0.25) is 0 Å². The summed E-state index contributed by atoms with van der Waals surface area (Å²) in [6, 6.07) is 6.09. The zero-order valence-corrected chi connectivity index (χ0v) is 15.9. The molecule has 0 spiro atoms. The molecule has 144 valence electrons. The van der Waals surface area contributed by atoms with Crippen LogP contribution in [-0.2, 0) is 6.54 Å². The van der Waals surface area contributed by atoms with E-state index in [9.17, 15) is 4.79 Å². The first-order chi connectivity index (χ1) is 13.1. The monoisotopic (exact) mass is 370 g/mol. The maximum Gasteiger partial charge on any atom is 0.317 e. The molecule has 7 nitrogen and oxygen atoms in total. The Balaban J connectivity index is 1.24. The van der Waals surface area contributed by atoms with Crippen LogP contribution in [0.4, 0.5) is 4.79 Å². The van der Waals surface area contributed by atoms with Crippen LogP contribution >= 0.6 is 0 Å². The van der Waals surface area contributed by atoms with E-state index in [1.165, 1.54) is 0 Å². The molecule has 1 saturated carbocycles. The van der Waals surface area contributed by atoms with Gasteiger partial charge < -0.3 is 19.5 Å². The minimum Gasteiger partial charge on any atom is -0.490 e. The first kappa shape index (κ1) is 17.8. The first-order valence-electron chi connectivity index (χ1n) is 9.68. The van der Waals surface area contributed by atoms with Gasteiger partial charge in [0.05, 0.1) is 6.54 Å². The molecule has 2 aliphatic rings. The molecule has 0 atom stereocenters. The summed E-state index contributed by atoms with van der Waals surface area (Å²) in [5.74, 6) is 2.67. The molecule has 2 amide bonds. The van der Waals surface area contributed by atoms with Crippen LogP contribution in [0.3, 0.4) is 0 Å². The smallest absolute Gasteiger partial charge is 0.317 e. The number of ether oxygens (including phenoxy) is 1. The number of nitrogens with one attached hydrogen (secondary N) is 1. The van der Waals surface area contributed by atoms with Crippen LogP contribution in [0.25, 0.3) is 0 Å². The first-order valence-corrected chi connectivity index (χ1v) is 9.68. The van der Waals surface area contributed by atoms with E-state index in [-0.39, 0.29) is 18.7 Å². The predicted molar refractivity (Wildman–Crippen MR) is 99.6 cm³/mol. The average Bonchev–Trinajstić information content (AvgIpc) is 3.42. The van der Waals surface area contributed by atoms with Gasteiger partial charge >= 0.3 is 6.03 Å². The van der Waals surface area contributed by atoms with Crippen molar-refractivity contribution in [2.24, 2.45) is 0 Å². The fourth-order valence-electron chi connectivity index (χ4n) is 3.44. The van der Waals surface area contributed by atoms with Gasteiger partial charge in [-0.1, -0.05) is 23.4 Å². The van der Waals surface area contributed by atoms with Crippen LogP contribution in [0.15, 0.2) is 22.7 Å². The summed E-state index contributed by atoms with van der Waals surface area (Å²) < 4.78 is 11.4. The number of rotatable bonds is 5. The number of likely N-dealkylation sites (tertiary alicyclic amines) is 1. The minimum absolute atomic E-state index is 0.0910. The highest BCUT2D eigenvalue weighted by molar-refractivity contribution is 5.74. The maximum atomic E-state index is 12.4. The van der Waals surface area contributed by atoms with E-state index in [1.54, 1.807) is 0 Å². The van der Waals surface area contributed by atoms with Crippen molar-refractivity contribution in [2.45, 2.75) is 58.1 Å². The van der Waals surface area contributed by atoms with Gasteiger partial charge in [0.15, 0.2) is 5.82 Å². The van der Waals surface area contributed by atoms with Crippen LogP contribution in [0.1, 0.15) is 54.4 Å². The molecular formula is C20H26N4O3.